The van der Waals surface area contributed by atoms with Gasteiger partial charge in [0.05, 0.1) is 10.9 Å². The second-order valence-corrected chi connectivity index (χ2v) is 8.46. The molecule has 2 aliphatic rings. The molecule has 3 heterocycles. The second-order valence-electron chi connectivity index (χ2n) is 8.46. The van der Waals surface area contributed by atoms with Crippen LogP contribution in [0.1, 0.15) is 39.2 Å². The lowest BCUT2D eigenvalue weighted by molar-refractivity contribution is -0.125. The van der Waals surface area contributed by atoms with Gasteiger partial charge in [0, 0.05) is 38.6 Å². The molecule has 164 valence electrons. The Hall–Kier alpha value is -3.45. The van der Waals surface area contributed by atoms with E-state index in [1.54, 1.807) is 26.3 Å². The molecule has 7 nitrogen and oxygen atoms in total. The standard InChI is InChI=1S/C25H24N2O5/c1-14-12-16-19(13-15(14)2)32-22-20(21(16)28)25(27(23(22)29)10-7-11-31-4)17-8-5-6-9-18(17)26(3)24(25)30/h5-6,8-9,12-13H,7,10-11H2,1-4H3/t25-/m1/s1. The molecule has 0 bridgehead atoms. The molecule has 3 aromatic rings. The van der Waals surface area contributed by atoms with Gasteiger partial charge in [-0.15, -0.1) is 0 Å². The summed E-state index contributed by atoms with van der Waals surface area (Å²) in [5.74, 6) is -0.841. The number of ether oxygens (including phenoxy) is 1. The molecule has 2 aliphatic heterocycles. The molecule has 0 unspecified atom stereocenters. The zero-order valence-electron chi connectivity index (χ0n) is 18.5. The van der Waals surface area contributed by atoms with E-state index in [9.17, 15) is 14.4 Å². The van der Waals surface area contributed by atoms with Crippen molar-refractivity contribution in [1.29, 1.82) is 0 Å². The minimum absolute atomic E-state index is 0.0541. The van der Waals surface area contributed by atoms with Crippen LogP contribution in [0.25, 0.3) is 11.0 Å². The van der Waals surface area contributed by atoms with Crippen LogP contribution in [0.4, 0.5) is 5.69 Å². The van der Waals surface area contributed by atoms with E-state index in [0.29, 0.717) is 35.2 Å². The van der Waals surface area contributed by atoms with Crippen LogP contribution in [0.2, 0.25) is 0 Å². The first-order valence-corrected chi connectivity index (χ1v) is 10.6. The molecule has 1 spiro atoms. The van der Waals surface area contributed by atoms with Gasteiger partial charge < -0.3 is 19.0 Å². The Balaban J connectivity index is 1.88. The Kier molecular flexibility index (Phi) is 4.49. The number of carbonyl (C=O) groups excluding carboxylic acids is 2. The third-order valence-electron chi connectivity index (χ3n) is 6.71. The highest BCUT2D eigenvalue weighted by Crippen LogP contribution is 2.52. The van der Waals surface area contributed by atoms with Gasteiger partial charge in [-0.2, -0.15) is 0 Å². The molecule has 0 fully saturated rings. The average molecular weight is 432 g/mol. The number of anilines is 1. The summed E-state index contributed by atoms with van der Waals surface area (Å²) in [4.78, 5) is 44.4. The number of nitrogens with zero attached hydrogens (tertiary/aromatic N) is 2. The zero-order valence-corrected chi connectivity index (χ0v) is 18.5. The van der Waals surface area contributed by atoms with Gasteiger partial charge in [0.25, 0.3) is 11.8 Å². The van der Waals surface area contributed by atoms with Crippen molar-refractivity contribution in [3.63, 3.8) is 0 Å². The van der Waals surface area contributed by atoms with Crippen molar-refractivity contribution in [2.45, 2.75) is 25.8 Å². The minimum Gasteiger partial charge on any atom is -0.450 e. The summed E-state index contributed by atoms with van der Waals surface area (Å²) < 4.78 is 11.2. The van der Waals surface area contributed by atoms with Gasteiger partial charge in [0.2, 0.25) is 5.76 Å². The first-order chi connectivity index (χ1) is 15.3. The molecule has 0 N–H and O–H groups in total. The third kappa shape index (κ3) is 2.42. The Morgan fingerprint density at radius 2 is 1.78 bits per heavy atom. The highest BCUT2D eigenvalue weighted by molar-refractivity contribution is 6.16. The zero-order chi connectivity index (χ0) is 22.8. The second kappa shape index (κ2) is 7.03. The number of fused-ring (bicyclic) bond motifs is 5. The number of likely N-dealkylation sites (N-methyl/N-ethyl adjacent to an activating group) is 1. The number of hydrogen-bond acceptors (Lipinski definition) is 5. The smallest absolute Gasteiger partial charge is 0.291 e. The van der Waals surface area contributed by atoms with Crippen molar-refractivity contribution >= 4 is 28.5 Å². The third-order valence-corrected chi connectivity index (χ3v) is 6.71. The summed E-state index contributed by atoms with van der Waals surface area (Å²) in [7, 11) is 3.25. The normalized spacial score (nSPS) is 19.4. The quantitative estimate of drug-likeness (QED) is 0.592. The van der Waals surface area contributed by atoms with E-state index in [0.717, 1.165) is 11.1 Å². The van der Waals surface area contributed by atoms with E-state index in [4.69, 9.17) is 9.15 Å². The van der Waals surface area contributed by atoms with Gasteiger partial charge in [-0.05, 0) is 49.6 Å². The lowest BCUT2D eigenvalue weighted by atomic mass is 9.83. The van der Waals surface area contributed by atoms with Crippen molar-refractivity contribution in [2.75, 3.05) is 32.2 Å². The molecule has 0 aliphatic carbocycles. The van der Waals surface area contributed by atoms with E-state index in [2.05, 4.69) is 0 Å². The molecule has 0 saturated heterocycles. The number of amides is 2. The molecule has 2 amide bonds. The summed E-state index contributed by atoms with van der Waals surface area (Å²) in [6.07, 6.45) is 0.517. The lowest BCUT2D eigenvalue weighted by Gasteiger charge is -2.33. The van der Waals surface area contributed by atoms with E-state index in [1.807, 2.05) is 38.1 Å². The van der Waals surface area contributed by atoms with Crippen LogP contribution in [0.5, 0.6) is 0 Å². The fourth-order valence-electron chi connectivity index (χ4n) is 5.02. The van der Waals surface area contributed by atoms with Crippen molar-refractivity contribution in [2.24, 2.45) is 0 Å². The Morgan fingerprint density at radius 3 is 2.53 bits per heavy atom. The fraction of sp³-hybridized carbons (Fsp3) is 0.320. The summed E-state index contributed by atoms with van der Waals surface area (Å²) in [6.45, 7) is 4.51. The van der Waals surface area contributed by atoms with E-state index < -0.39 is 11.4 Å². The van der Waals surface area contributed by atoms with Gasteiger partial charge in [0.1, 0.15) is 5.58 Å². The number of benzene rings is 2. The molecule has 1 aromatic heterocycles. The molecular weight excluding hydrogens is 408 g/mol. The van der Waals surface area contributed by atoms with Crippen molar-refractivity contribution < 1.29 is 18.7 Å². The number of para-hydroxylation sites is 1. The van der Waals surface area contributed by atoms with Crippen molar-refractivity contribution in [1.82, 2.24) is 4.90 Å². The molecule has 0 radical (unpaired) electrons. The predicted octanol–water partition coefficient (Wildman–Crippen LogP) is 3.12. The minimum atomic E-state index is -1.54. The molecular formula is C25H24N2O5. The predicted molar refractivity (Wildman–Crippen MR) is 120 cm³/mol. The lowest BCUT2D eigenvalue weighted by Crippen LogP contribution is -2.53. The van der Waals surface area contributed by atoms with E-state index >= 15 is 0 Å². The van der Waals surface area contributed by atoms with E-state index in [-0.39, 0.29) is 29.2 Å². The topological polar surface area (TPSA) is 80.1 Å². The van der Waals surface area contributed by atoms with Crippen LogP contribution in [0.15, 0.2) is 45.6 Å². The Morgan fingerprint density at radius 1 is 1.06 bits per heavy atom. The maximum Gasteiger partial charge on any atom is 0.291 e. The largest absolute Gasteiger partial charge is 0.450 e. The Bertz CT molecular complexity index is 1360. The van der Waals surface area contributed by atoms with Crippen LogP contribution in [0, 0.1) is 13.8 Å². The van der Waals surface area contributed by atoms with Gasteiger partial charge in [0.15, 0.2) is 11.0 Å². The molecule has 0 saturated carbocycles. The summed E-state index contributed by atoms with van der Waals surface area (Å²) in [6, 6.07) is 10.8. The number of carbonyl (C=O) groups is 2. The maximum atomic E-state index is 13.9. The van der Waals surface area contributed by atoms with Crippen LogP contribution in [-0.4, -0.2) is 44.0 Å². The fourth-order valence-corrected chi connectivity index (χ4v) is 5.02. The number of hydrogen-bond donors (Lipinski definition) is 0. The number of rotatable bonds is 4. The van der Waals surface area contributed by atoms with Crippen molar-refractivity contribution in [3.05, 3.63) is 74.6 Å². The number of methoxy groups -OCH3 is 1. The van der Waals surface area contributed by atoms with E-state index in [1.165, 1.54) is 9.80 Å². The molecule has 1 atom stereocenters. The maximum absolute atomic E-state index is 13.9. The summed E-state index contributed by atoms with van der Waals surface area (Å²) in [5.41, 5.74) is 1.77. The molecule has 7 heteroatoms. The first kappa shape index (κ1) is 20.5. The van der Waals surface area contributed by atoms with Gasteiger partial charge in [-0.1, -0.05) is 18.2 Å². The average Bonchev–Trinajstić information content (AvgIpc) is 3.15. The van der Waals surface area contributed by atoms with Gasteiger partial charge in [-0.3, -0.25) is 14.4 Å². The highest BCUT2D eigenvalue weighted by atomic mass is 16.5. The van der Waals surface area contributed by atoms with Crippen molar-refractivity contribution in [3.8, 4) is 0 Å². The first-order valence-electron chi connectivity index (χ1n) is 10.6. The molecule has 32 heavy (non-hydrogen) atoms. The van der Waals surface area contributed by atoms with Crippen LogP contribution in [-0.2, 0) is 15.1 Å². The Labute approximate surface area is 185 Å². The monoisotopic (exact) mass is 432 g/mol. The molecule has 5 rings (SSSR count). The SMILES string of the molecule is COCCCN1C(=O)c2oc3cc(C)c(C)cc3c(=O)c2[C@]12C(=O)N(C)c1ccccc12. The highest BCUT2D eigenvalue weighted by Gasteiger charge is 2.64. The molecule has 2 aromatic carbocycles. The summed E-state index contributed by atoms with van der Waals surface area (Å²) >= 11 is 0. The van der Waals surface area contributed by atoms with Gasteiger partial charge >= 0.3 is 0 Å². The van der Waals surface area contributed by atoms with Crippen LogP contribution < -0.4 is 10.3 Å². The summed E-state index contributed by atoms with van der Waals surface area (Å²) in [5, 5.41) is 0.373. The van der Waals surface area contributed by atoms with Crippen LogP contribution in [0.3, 0.4) is 0 Å². The van der Waals surface area contributed by atoms with Crippen LogP contribution >= 0.6 is 0 Å². The van der Waals surface area contributed by atoms with Gasteiger partial charge in [-0.25, -0.2) is 0 Å². The number of aryl methyl sites for hydroxylation is 2.